The van der Waals surface area contributed by atoms with Crippen LogP contribution >= 0.6 is 0 Å². The number of fused-ring (bicyclic) bond motifs is 3. The molecule has 0 unspecified atom stereocenters. The molecule has 1 aliphatic rings. The summed E-state index contributed by atoms with van der Waals surface area (Å²) in [5, 5.41) is 5.46. The van der Waals surface area contributed by atoms with Gasteiger partial charge in [0, 0.05) is 0 Å². The molecule has 0 aliphatic heterocycles. The molecule has 1 aliphatic carbocycles. The van der Waals surface area contributed by atoms with Crippen molar-refractivity contribution in [2.24, 2.45) is 0 Å². The molecule has 0 N–H and O–H groups in total. The Balaban J connectivity index is 0.000000122. The maximum atomic E-state index is 3.32. The van der Waals surface area contributed by atoms with E-state index in [1.165, 1.54) is 93.5 Å². The molecule has 0 atom stereocenters. The first kappa shape index (κ1) is 31.4. The fourth-order valence-corrected chi connectivity index (χ4v) is 6.67. The molecule has 0 saturated heterocycles. The van der Waals surface area contributed by atoms with Crippen LogP contribution in [0.15, 0.2) is 170 Å². The summed E-state index contributed by atoms with van der Waals surface area (Å²) >= 11 is 1.46. The third kappa shape index (κ3) is 7.62. The van der Waals surface area contributed by atoms with Gasteiger partial charge >= 0.3 is 99.2 Å². The summed E-state index contributed by atoms with van der Waals surface area (Å²) in [6.45, 7) is 4.28. The van der Waals surface area contributed by atoms with Crippen LogP contribution in [0.4, 0.5) is 0 Å². The molecule has 0 fully saturated rings. The van der Waals surface area contributed by atoms with E-state index in [2.05, 4.69) is 190 Å². The average Bonchev–Trinajstić information content (AvgIpc) is 3.75. The Bertz CT molecular complexity index is 2020. The Morgan fingerprint density at radius 2 is 0.978 bits per heavy atom. The van der Waals surface area contributed by atoms with Crippen molar-refractivity contribution in [3.8, 4) is 0 Å². The summed E-state index contributed by atoms with van der Waals surface area (Å²) in [4.78, 5) is 0. The molecule has 0 heterocycles. The fraction of sp³-hybridized carbons (Fsp3) is 0.0667. The van der Waals surface area contributed by atoms with Crippen molar-refractivity contribution in [2.75, 3.05) is 0 Å². The second-order valence-corrected chi connectivity index (χ2v) is 12.8. The van der Waals surface area contributed by atoms with Crippen molar-refractivity contribution < 1.29 is 24.2 Å². The summed E-state index contributed by atoms with van der Waals surface area (Å²) in [6, 6.07) is 57.8. The summed E-state index contributed by atoms with van der Waals surface area (Å²) in [6.07, 6.45) is 6.34. The van der Waals surface area contributed by atoms with Gasteiger partial charge in [0.15, 0.2) is 0 Å². The zero-order valence-electron chi connectivity index (χ0n) is 26.4. The van der Waals surface area contributed by atoms with Crippen molar-refractivity contribution in [2.45, 2.75) is 20.3 Å². The quantitative estimate of drug-likeness (QED) is 0.164. The van der Waals surface area contributed by atoms with Crippen LogP contribution in [0.3, 0.4) is 0 Å². The molecule has 8 rings (SSSR count). The molecule has 220 valence electrons. The van der Waals surface area contributed by atoms with E-state index in [1.54, 1.807) is 0 Å². The van der Waals surface area contributed by atoms with Crippen LogP contribution in [0.1, 0.15) is 39.8 Å². The molecule has 0 amide bonds. The predicted octanol–water partition coefficient (Wildman–Crippen LogP) is 11.5. The van der Waals surface area contributed by atoms with Crippen LogP contribution in [0, 0.1) is 19.9 Å². The maximum absolute atomic E-state index is 3.32. The normalized spacial score (nSPS) is 12.0. The third-order valence-corrected chi connectivity index (χ3v) is 9.62. The van der Waals surface area contributed by atoms with E-state index in [0.29, 0.717) is 0 Å². The van der Waals surface area contributed by atoms with E-state index in [4.69, 9.17) is 0 Å². The first-order chi connectivity index (χ1) is 22.6. The van der Waals surface area contributed by atoms with Crippen molar-refractivity contribution in [3.63, 3.8) is 0 Å². The van der Waals surface area contributed by atoms with Crippen molar-refractivity contribution in [1.29, 1.82) is 0 Å². The van der Waals surface area contributed by atoms with E-state index >= 15 is 0 Å². The zero-order chi connectivity index (χ0) is 31.7. The van der Waals surface area contributed by atoms with Gasteiger partial charge in [0.2, 0.25) is 0 Å². The molecule has 0 bridgehead atoms. The van der Waals surface area contributed by atoms with Crippen molar-refractivity contribution in [3.05, 3.63) is 209 Å². The second kappa shape index (κ2) is 15.1. The van der Waals surface area contributed by atoms with Crippen LogP contribution in [0.5, 0.6) is 0 Å². The average molecular weight is 668 g/mol. The fourth-order valence-electron chi connectivity index (χ4n) is 5.85. The van der Waals surface area contributed by atoms with E-state index in [9.17, 15) is 0 Å². The minimum absolute atomic E-state index is 0.911. The standard InChI is InChI=1S/C17H13.C15H13.C13H10.Zr/c1-3-8-14(9-4-1)16-12-7-13-17(16)15-10-5-2-6-11-15;1-10-3-5-14-12(7-10)9-13-8-11(2)4-6-15(13)14;1-3-7-12(8-4-1)11-13-9-5-2-6-10-13;/h1-6,8-12H,13H2;3-9H,1-2H3;1-10H;/q2*-1;;+2. The number of hydrogen-bond acceptors (Lipinski definition) is 0. The van der Waals surface area contributed by atoms with Crippen LogP contribution in [-0.2, 0) is 24.2 Å². The van der Waals surface area contributed by atoms with E-state index in [-0.39, 0.29) is 0 Å². The van der Waals surface area contributed by atoms with Crippen LogP contribution in [0.2, 0.25) is 0 Å². The van der Waals surface area contributed by atoms with Gasteiger partial charge in [-0.15, -0.1) is 57.3 Å². The van der Waals surface area contributed by atoms with Gasteiger partial charge < -0.3 is 0 Å². The van der Waals surface area contributed by atoms with Crippen molar-refractivity contribution >= 4 is 35.9 Å². The second-order valence-electron chi connectivity index (χ2n) is 11.6. The Kier molecular flexibility index (Phi) is 10.3. The molecule has 7 aromatic rings. The Morgan fingerprint density at radius 1 is 0.543 bits per heavy atom. The first-order valence-electron chi connectivity index (χ1n) is 15.7. The minimum atomic E-state index is 0.911. The van der Waals surface area contributed by atoms with Crippen molar-refractivity contribution in [1.82, 2.24) is 0 Å². The SMILES string of the molecule is Cc1ccc2c(c1)[cH-]c1cc(C)ccc12.[C-]1=CC(c2ccccc2)=C(c2ccccc2)C1.[Zr+2]=[C](c1ccccc1)c1ccccc1. The van der Waals surface area contributed by atoms with Gasteiger partial charge in [0.25, 0.3) is 0 Å². The summed E-state index contributed by atoms with van der Waals surface area (Å²) < 4.78 is 1.42. The molecule has 46 heavy (non-hydrogen) atoms. The van der Waals surface area contributed by atoms with Gasteiger partial charge in [-0.2, -0.15) is 5.57 Å². The molecule has 1 heteroatoms. The summed E-state index contributed by atoms with van der Waals surface area (Å²) in [5.74, 6) is 0. The molecular weight excluding hydrogens is 632 g/mol. The zero-order valence-corrected chi connectivity index (χ0v) is 28.8. The molecule has 0 radical (unpaired) electrons. The summed E-state index contributed by atoms with van der Waals surface area (Å²) in [7, 11) is 0. The monoisotopic (exact) mass is 666 g/mol. The van der Waals surface area contributed by atoms with Gasteiger partial charge in [0.05, 0.1) is 0 Å². The molecular formula is C45H36Zr. The summed E-state index contributed by atoms with van der Waals surface area (Å²) in [5.41, 5.74) is 10.6. The topological polar surface area (TPSA) is 0 Å². The van der Waals surface area contributed by atoms with E-state index in [1.807, 2.05) is 0 Å². The van der Waals surface area contributed by atoms with Gasteiger partial charge in [0.1, 0.15) is 0 Å². The van der Waals surface area contributed by atoms with Gasteiger partial charge in [-0.05, 0) is 19.4 Å². The molecule has 7 aromatic carbocycles. The molecule has 0 nitrogen and oxygen atoms in total. The molecule has 0 saturated carbocycles. The van der Waals surface area contributed by atoms with Crippen LogP contribution < -0.4 is 0 Å². The number of benzene rings is 6. The molecule has 0 aromatic heterocycles. The van der Waals surface area contributed by atoms with Gasteiger partial charge in [-0.1, -0.05) is 96.1 Å². The van der Waals surface area contributed by atoms with Gasteiger partial charge in [-0.3, -0.25) is 6.08 Å². The Morgan fingerprint density at radius 3 is 1.46 bits per heavy atom. The molecule has 0 spiro atoms. The third-order valence-electron chi connectivity index (χ3n) is 8.20. The Labute approximate surface area is 288 Å². The van der Waals surface area contributed by atoms with E-state index < -0.39 is 0 Å². The first-order valence-corrected chi connectivity index (χ1v) is 17.0. The van der Waals surface area contributed by atoms with E-state index in [0.717, 1.165) is 6.42 Å². The van der Waals surface area contributed by atoms with Crippen LogP contribution in [0.25, 0.3) is 32.7 Å². The number of aryl methyl sites for hydroxylation is 2. The number of rotatable bonds is 4. The number of hydrogen-bond donors (Lipinski definition) is 0. The van der Waals surface area contributed by atoms with Gasteiger partial charge in [-0.25, -0.2) is 6.08 Å². The Hall–Kier alpha value is -4.58. The number of allylic oxidation sites excluding steroid dienone is 4. The van der Waals surface area contributed by atoms with Crippen LogP contribution in [-0.4, -0.2) is 3.21 Å². The predicted molar refractivity (Wildman–Crippen MR) is 195 cm³/mol.